The average Bonchev–Trinajstić information content (AvgIpc) is 3.53. The van der Waals surface area contributed by atoms with Crippen LogP contribution in [-0.4, -0.2) is 39.4 Å². The third-order valence-electron chi connectivity index (χ3n) is 10.0. The van der Waals surface area contributed by atoms with E-state index in [1.54, 1.807) is 0 Å². The smallest absolute Gasteiger partial charge is 0.147 e. The van der Waals surface area contributed by atoms with Crippen LogP contribution in [0.25, 0.3) is 0 Å². The monoisotopic (exact) mass is 496 g/mol. The Labute approximate surface area is 218 Å². The number of Topliss-reactive ketones (excluding diaryl/α,β-unsaturated/α-hetero) is 1. The predicted octanol–water partition coefficient (Wildman–Crippen LogP) is 6.08. The van der Waals surface area contributed by atoms with Crippen molar-refractivity contribution in [1.82, 2.24) is 0 Å². The van der Waals surface area contributed by atoms with Gasteiger partial charge < -0.3 is 15.3 Å². The summed E-state index contributed by atoms with van der Waals surface area (Å²) in [6.45, 7) is 14.6. The van der Waals surface area contributed by atoms with Gasteiger partial charge in [-0.15, -0.1) is 0 Å². The zero-order valence-corrected chi connectivity index (χ0v) is 23.1. The van der Waals surface area contributed by atoms with Crippen LogP contribution in [0.4, 0.5) is 0 Å². The predicted molar refractivity (Wildman–Crippen MR) is 145 cm³/mol. The van der Waals surface area contributed by atoms with E-state index < -0.39 is 29.1 Å². The highest BCUT2D eigenvalue weighted by atomic mass is 16.3. The number of aliphatic hydroxyl groups is 3. The maximum atomic E-state index is 13.0. The summed E-state index contributed by atoms with van der Waals surface area (Å²) >= 11 is 0. The first kappa shape index (κ1) is 27.5. The summed E-state index contributed by atoms with van der Waals surface area (Å²) in [5, 5.41) is 31.3. The first-order chi connectivity index (χ1) is 16.8. The average molecular weight is 497 g/mol. The molecule has 0 heterocycles. The minimum absolute atomic E-state index is 0.185. The molecule has 0 saturated heterocycles. The van der Waals surface area contributed by atoms with Gasteiger partial charge in [-0.2, -0.15) is 0 Å². The molecule has 0 aromatic rings. The number of rotatable bonds is 6. The number of ketones is 1. The zero-order chi connectivity index (χ0) is 26.5. The van der Waals surface area contributed by atoms with E-state index in [-0.39, 0.29) is 11.2 Å². The van der Waals surface area contributed by atoms with Crippen molar-refractivity contribution in [3.8, 4) is 0 Å². The van der Waals surface area contributed by atoms with Gasteiger partial charge in [0.1, 0.15) is 5.78 Å². The van der Waals surface area contributed by atoms with Crippen LogP contribution in [0.3, 0.4) is 0 Å². The molecule has 0 aliphatic heterocycles. The first-order valence-corrected chi connectivity index (χ1v) is 14.2. The van der Waals surface area contributed by atoms with E-state index in [9.17, 15) is 20.1 Å². The van der Waals surface area contributed by atoms with Crippen LogP contribution < -0.4 is 0 Å². The molecule has 0 aromatic carbocycles. The number of fused-ring (bicyclic) bond motifs is 1. The molecule has 4 heteroatoms. The van der Waals surface area contributed by atoms with Gasteiger partial charge in [-0.3, -0.25) is 4.79 Å². The Morgan fingerprint density at radius 2 is 1.81 bits per heavy atom. The third kappa shape index (κ3) is 5.11. The Morgan fingerprint density at radius 3 is 2.44 bits per heavy atom. The molecule has 0 amide bonds. The van der Waals surface area contributed by atoms with Crippen LogP contribution in [0.5, 0.6) is 0 Å². The molecule has 36 heavy (non-hydrogen) atoms. The second-order valence-electron chi connectivity index (χ2n) is 13.6. The number of hydrogen-bond donors (Lipinski definition) is 3. The van der Waals surface area contributed by atoms with E-state index in [2.05, 4.69) is 38.7 Å². The van der Waals surface area contributed by atoms with E-state index in [0.29, 0.717) is 30.6 Å². The zero-order valence-electron chi connectivity index (χ0n) is 23.1. The number of hydrogen-bond acceptors (Lipinski definition) is 4. The Bertz CT molecular complexity index is 959. The van der Waals surface area contributed by atoms with Crippen molar-refractivity contribution in [1.29, 1.82) is 0 Å². The van der Waals surface area contributed by atoms with Gasteiger partial charge >= 0.3 is 0 Å². The molecule has 0 aromatic heterocycles. The fraction of sp³-hybridized carbons (Fsp3) is 0.719. The van der Waals surface area contributed by atoms with Crippen molar-refractivity contribution in [2.45, 2.75) is 111 Å². The topological polar surface area (TPSA) is 77.8 Å². The van der Waals surface area contributed by atoms with Crippen molar-refractivity contribution < 1.29 is 20.1 Å². The Kier molecular flexibility index (Phi) is 7.65. The van der Waals surface area contributed by atoms with Crippen LogP contribution in [0.1, 0.15) is 92.4 Å². The Morgan fingerprint density at radius 1 is 1.11 bits per heavy atom. The lowest BCUT2D eigenvalue weighted by Gasteiger charge is -2.44. The molecule has 4 nitrogen and oxygen atoms in total. The van der Waals surface area contributed by atoms with Crippen LogP contribution in [0.15, 0.2) is 47.6 Å². The fourth-order valence-corrected chi connectivity index (χ4v) is 7.75. The second-order valence-corrected chi connectivity index (χ2v) is 13.6. The lowest BCUT2D eigenvalue weighted by Crippen LogP contribution is -2.37. The van der Waals surface area contributed by atoms with Crippen LogP contribution >= 0.6 is 0 Å². The summed E-state index contributed by atoms with van der Waals surface area (Å²) in [4.78, 5) is 13.0. The molecule has 0 spiro atoms. The van der Waals surface area contributed by atoms with Gasteiger partial charge in [-0.25, -0.2) is 0 Å². The van der Waals surface area contributed by atoms with E-state index in [0.717, 1.165) is 30.4 Å². The molecule has 3 N–H and O–H groups in total. The highest BCUT2D eigenvalue weighted by Crippen LogP contribution is 2.60. The molecule has 4 saturated carbocycles. The maximum absolute atomic E-state index is 13.0. The van der Waals surface area contributed by atoms with Gasteiger partial charge in [0, 0.05) is 11.8 Å². The van der Waals surface area contributed by atoms with Crippen LogP contribution in [0, 0.1) is 34.0 Å². The molecule has 0 unspecified atom stereocenters. The summed E-state index contributed by atoms with van der Waals surface area (Å²) < 4.78 is 0. The van der Waals surface area contributed by atoms with E-state index in [1.165, 1.54) is 31.3 Å². The van der Waals surface area contributed by atoms with Crippen LogP contribution in [-0.2, 0) is 4.79 Å². The first-order valence-electron chi connectivity index (χ1n) is 14.2. The lowest BCUT2D eigenvalue weighted by atomic mass is 9.61. The van der Waals surface area contributed by atoms with Gasteiger partial charge in [0.05, 0.1) is 23.7 Å². The normalized spacial score (nSPS) is 38.4. The molecule has 4 aliphatic rings. The number of aliphatic hydroxyl groups excluding tert-OH is 3. The summed E-state index contributed by atoms with van der Waals surface area (Å²) in [7, 11) is 0. The van der Waals surface area contributed by atoms with E-state index >= 15 is 0 Å². The van der Waals surface area contributed by atoms with Crippen molar-refractivity contribution in [2.24, 2.45) is 34.0 Å². The standard InChI is InChI=1S/C32H48O4/c1-20(9-14-28(35)32(16-17-32)29(36)30(3,4)5)25-12-13-26-22(8-7-15-31(25,26)6)10-11-23-18-24(33)19-27(34)21(23)2/h9-11,14,20,24-28,33-35H,2,7-8,12-13,15-19H2,1,3-6H3/t20-,24-,25-,26+,27+,28-,31-/m1/s1. The van der Waals surface area contributed by atoms with Crippen molar-refractivity contribution in [3.05, 3.63) is 47.6 Å². The summed E-state index contributed by atoms with van der Waals surface area (Å²) in [6, 6.07) is 0. The molecule has 4 rings (SSSR count). The molecule has 0 bridgehead atoms. The van der Waals surface area contributed by atoms with Gasteiger partial charge in [0.15, 0.2) is 0 Å². The van der Waals surface area contributed by atoms with Crippen LogP contribution in [0.2, 0.25) is 0 Å². The van der Waals surface area contributed by atoms with Gasteiger partial charge in [0.2, 0.25) is 0 Å². The number of carbonyl (C=O) groups excluding carboxylic acids is 1. The largest absolute Gasteiger partial charge is 0.393 e. The quantitative estimate of drug-likeness (QED) is 0.390. The number of allylic oxidation sites excluding steroid dienone is 4. The summed E-state index contributed by atoms with van der Waals surface area (Å²) in [6.07, 6.45) is 15.0. The minimum atomic E-state index is -0.695. The van der Waals surface area contributed by atoms with Gasteiger partial charge in [-0.05, 0) is 85.7 Å². The molecule has 7 atom stereocenters. The minimum Gasteiger partial charge on any atom is -0.393 e. The SMILES string of the molecule is C=C1C(=CC=C2CCC[C@]3(C)[C@@H]([C@H](C)C=C[C@@H](O)C4(C(=O)C(C)(C)C)CC4)CC[C@@H]23)C[C@@H](O)C[C@@H]1O. The molecule has 4 aliphatic carbocycles. The number of carbonyl (C=O) groups is 1. The Balaban J connectivity index is 1.47. The highest BCUT2D eigenvalue weighted by Gasteiger charge is 2.57. The maximum Gasteiger partial charge on any atom is 0.147 e. The van der Waals surface area contributed by atoms with Crippen molar-refractivity contribution in [3.63, 3.8) is 0 Å². The van der Waals surface area contributed by atoms with Gasteiger partial charge in [-0.1, -0.05) is 71.1 Å². The third-order valence-corrected chi connectivity index (χ3v) is 10.0. The van der Waals surface area contributed by atoms with Crippen molar-refractivity contribution >= 4 is 5.78 Å². The van der Waals surface area contributed by atoms with Gasteiger partial charge in [0.25, 0.3) is 0 Å². The molecule has 4 fully saturated rings. The molecular formula is C32H48O4. The van der Waals surface area contributed by atoms with Crippen molar-refractivity contribution in [2.75, 3.05) is 0 Å². The Hall–Kier alpha value is -1.49. The molecule has 0 radical (unpaired) electrons. The molecular weight excluding hydrogens is 448 g/mol. The lowest BCUT2D eigenvalue weighted by molar-refractivity contribution is -0.135. The van der Waals surface area contributed by atoms with E-state index in [4.69, 9.17) is 0 Å². The van der Waals surface area contributed by atoms with E-state index in [1.807, 2.05) is 26.8 Å². The molecule has 200 valence electrons. The fourth-order valence-electron chi connectivity index (χ4n) is 7.75. The summed E-state index contributed by atoms with van der Waals surface area (Å²) in [5.74, 6) is 1.61. The second kappa shape index (κ2) is 10.0. The summed E-state index contributed by atoms with van der Waals surface area (Å²) in [5.41, 5.74) is 2.43. The highest BCUT2D eigenvalue weighted by molar-refractivity contribution is 5.92.